The number of halogens is 1. The van der Waals surface area contributed by atoms with Crippen LogP contribution in [-0.2, 0) is 4.74 Å². The van der Waals surface area contributed by atoms with Crippen molar-refractivity contribution in [2.75, 3.05) is 0 Å². The summed E-state index contributed by atoms with van der Waals surface area (Å²) in [4.78, 5) is 11.9. The molecule has 3 rings (SSSR count). The van der Waals surface area contributed by atoms with E-state index in [0.29, 0.717) is 11.2 Å². The Morgan fingerprint density at radius 3 is 2.65 bits per heavy atom. The molecule has 0 bridgehead atoms. The molecule has 0 spiro atoms. The summed E-state index contributed by atoms with van der Waals surface area (Å²) in [5.74, 6) is 0. The number of aliphatic hydroxyl groups excluding tert-OH is 3. The molecule has 0 aromatic carbocycles. The van der Waals surface area contributed by atoms with Gasteiger partial charge in [0.2, 0.25) is 0 Å². The third-order valence-electron chi connectivity index (χ3n) is 3.42. The van der Waals surface area contributed by atoms with Crippen molar-refractivity contribution in [1.82, 2.24) is 19.5 Å². The zero-order valence-electron chi connectivity index (χ0n) is 10.5. The number of imidazole rings is 1. The van der Waals surface area contributed by atoms with Crippen LogP contribution < -0.4 is 0 Å². The van der Waals surface area contributed by atoms with E-state index in [-0.39, 0.29) is 5.15 Å². The molecule has 20 heavy (non-hydrogen) atoms. The van der Waals surface area contributed by atoms with Crippen LogP contribution in [0.25, 0.3) is 11.2 Å². The zero-order chi connectivity index (χ0) is 14.4. The highest BCUT2D eigenvalue weighted by Crippen LogP contribution is 2.30. The summed E-state index contributed by atoms with van der Waals surface area (Å²) in [7, 11) is 0. The maximum Gasteiger partial charge on any atom is 0.167 e. The number of hydrogen-bond acceptors (Lipinski definition) is 7. The molecule has 1 aliphatic heterocycles. The average molecular weight is 301 g/mol. The molecule has 3 N–H and O–H groups in total. The summed E-state index contributed by atoms with van der Waals surface area (Å²) >= 11 is 5.91. The largest absolute Gasteiger partial charge is 0.388 e. The van der Waals surface area contributed by atoms with Gasteiger partial charge in [0.05, 0.1) is 12.4 Å². The lowest BCUT2D eigenvalue weighted by atomic mass is 9.99. The first kappa shape index (κ1) is 13.7. The summed E-state index contributed by atoms with van der Waals surface area (Å²) in [5, 5.41) is 29.8. The fourth-order valence-corrected chi connectivity index (χ4v) is 2.45. The predicted octanol–water partition coefficient (Wildman–Crippen LogP) is -0.520. The number of ether oxygens (including phenoxy) is 1. The van der Waals surface area contributed by atoms with Crippen LogP contribution >= 0.6 is 11.6 Å². The Bertz CT molecular complexity index is 636. The van der Waals surface area contributed by atoms with Gasteiger partial charge in [-0.25, -0.2) is 15.0 Å². The van der Waals surface area contributed by atoms with E-state index in [1.165, 1.54) is 17.2 Å². The molecule has 0 saturated carbocycles. The Labute approximate surface area is 118 Å². The van der Waals surface area contributed by atoms with Crippen LogP contribution in [0.3, 0.4) is 0 Å². The van der Waals surface area contributed by atoms with Gasteiger partial charge in [-0.2, -0.15) is 0 Å². The minimum Gasteiger partial charge on any atom is -0.388 e. The SMILES string of the molecule is CC1OC(n2cnc3c(Cl)ncnc32)C(O)C(O)C1O. The fraction of sp³-hybridized carbons (Fsp3) is 0.545. The van der Waals surface area contributed by atoms with Crippen LogP contribution in [-0.4, -0.2) is 59.3 Å². The Hall–Kier alpha value is -1.32. The smallest absolute Gasteiger partial charge is 0.167 e. The van der Waals surface area contributed by atoms with E-state index < -0.39 is 30.6 Å². The summed E-state index contributed by atoms with van der Waals surface area (Å²) in [6.07, 6.45) is -2.68. The van der Waals surface area contributed by atoms with Gasteiger partial charge in [-0.3, -0.25) is 4.57 Å². The van der Waals surface area contributed by atoms with E-state index in [1.807, 2.05) is 0 Å². The lowest BCUT2D eigenvalue weighted by Gasteiger charge is -2.39. The normalized spacial score (nSPS) is 34.5. The van der Waals surface area contributed by atoms with Crippen molar-refractivity contribution < 1.29 is 20.1 Å². The van der Waals surface area contributed by atoms with Gasteiger partial charge in [-0.1, -0.05) is 11.6 Å². The van der Waals surface area contributed by atoms with Crippen molar-refractivity contribution in [3.8, 4) is 0 Å². The van der Waals surface area contributed by atoms with Crippen molar-refractivity contribution in [3.05, 3.63) is 17.8 Å². The number of rotatable bonds is 1. The van der Waals surface area contributed by atoms with E-state index in [4.69, 9.17) is 16.3 Å². The van der Waals surface area contributed by atoms with Gasteiger partial charge in [0.25, 0.3) is 0 Å². The van der Waals surface area contributed by atoms with Gasteiger partial charge in [-0.05, 0) is 6.92 Å². The van der Waals surface area contributed by atoms with E-state index in [9.17, 15) is 15.3 Å². The van der Waals surface area contributed by atoms with Crippen LogP contribution in [0.5, 0.6) is 0 Å². The van der Waals surface area contributed by atoms with Gasteiger partial charge in [0, 0.05) is 0 Å². The van der Waals surface area contributed by atoms with Crippen molar-refractivity contribution in [2.45, 2.75) is 37.6 Å². The Balaban J connectivity index is 2.04. The quantitative estimate of drug-likeness (QED) is 0.607. The minimum atomic E-state index is -1.32. The zero-order valence-corrected chi connectivity index (χ0v) is 11.2. The average Bonchev–Trinajstić information content (AvgIpc) is 2.86. The number of nitrogens with zero attached hydrogens (tertiary/aromatic N) is 4. The van der Waals surface area contributed by atoms with E-state index in [0.717, 1.165) is 0 Å². The molecule has 5 atom stereocenters. The second-order valence-corrected chi connectivity index (χ2v) is 5.05. The molecule has 1 fully saturated rings. The monoisotopic (exact) mass is 300 g/mol. The second-order valence-electron chi connectivity index (χ2n) is 4.69. The molecule has 3 heterocycles. The molecule has 0 amide bonds. The molecule has 2 aromatic rings. The molecule has 108 valence electrons. The maximum atomic E-state index is 10.1. The van der Waals surface area contributed by atoms with Gasteiger partial charge < -0.3 is 20.1 Å². The highest BCUT2D eigenvalue weighted by Gasteiger charge is 2.43. The summed E-state index contributed by atoms with van der Waals surface area (Å²) in [5.41, 5.74) is 0.753. The van der Waals surface area contributed by atoms with Crippen LogP contribution in [0, 0.1) is 0 Å². The molecule has 9 heteroatoms. The molecule has 0 radical (unpaired) electrons. The Morgan fingerprint density at radius 2 is 1.90 bits per heavy atom. The van der Waals surface area contributed by atoms with Crippen molar-refractivity contribution >= 4 is 22.8 Å². The van der Waals surface area contributed by atoms with E-state index >= 15 is 0 Å². The molecule has 8 nitrogen and oxygen atoms in total. The highest BCUT2D eigenvalue weighted by atomic mass is 35.5. The summed E-state index contributed by atoms with van der Waals surface area (Å²) in [6.45, 7) is 1.61. The van der Waals surface area contributed by atoms with E-state index in [1.54, 1.807) is 6.92 Å². The Morgan fingerprint density at radius 1 is 1.15 bits per heavy atom. The second kappa shape index (κ2) is 4.90. The first-order chi connectivity index (χ1) is 9.50. The van der Waals surface area contributed by atoms with Crippen molar-refractivity contribution in [1.29, 1.82) is 0 Å². The Kier molecular flexibility index (Phi) is 3.35. The lowest BCUT2D eigenvalue weighted by Crippen LogP contribution is -2.54. The van der Waals surface area contributed by atoms with Crippen LogP contribution in [0.4, 0.5) is 0 Å². The van der Waals surface area contributed by atoms with Crippen molar-refractivity contribution in [2.24, 2.45) is 0 Å². The summed E-state index contributed by atoms with van der Waals surface area (Å²) in [6, 6.07) is 0. The van der Waals surface area contributed by atoms with Gasteiger partial charge >= 0.3 is 0 Å². The molecule has 5 unspecified atom stereocenters. The molecule has 1 saturated heterocycles. The molecule has 1 aliphatic rings. The van der Waals surface area contributed by atoms with Gasteiger partial charge in [-0.15, -0.1) is 0 Å². The third kappa shape index (κ3) is 1.97. The molecule has 0 aliphatic carbocycles. The maximum absolute atomic E-state index is 10.1. The number of aromatic nitrogens is 4. The van der Waals surface area contributed by atoms with E-state index in [2.05, 4.69) is 15.0 Å². The van der Waals surface area contributed by atoms with Crippen LogP contribution in [0.1, 0.15) is 13.2 Å². The van der Waals surface area contributed by atoms with Crippen LogP contribution in [0.15, 0.2) is 12.7 Å². The highest BCUT2D eigenvalue weighted by molar-refractivity contribution is 6.33. The molecule has 2 aromatic heterocycles. The molecular weight excluding hydrogens is 288 g/mol. The van der Waals surface area contributed by atoms with Gasteiger partial charge in [0.15, 0.2) is 17.0 Å². The van der Waals surface area contributed by atoms with Crippen molar-refractivity contribution in [3.63, 3.8) is 0 Å². The number of aliphatic hydroxyl groups is 3. The fourth-order valence-electron chi connectivity index (χ4n) is 2.27. The lowest BCUT2D eigenvalue weighted by molar-refractivity contribution is -0.239. The first-order valence-corrected chi connectivity index (χ1v) is 6.41. The predicted molar refractivity (Wildman–Crippen MR) is 67.9 cm³/mol. The molecular formula is C11H13ClN4O4. The van der Waals surface area contributed by atoms with Gasteiger partial charge in [0.1, 0.15) is 30.2 Å². The first-order valence-electron chi connectivity index (χ1n) is 6.03. The number of hydrogen-bond donors (Lipinski definition) is 3. The summed E-state index contributed by atoms with van der Waals surface area (Å²) < 4.78 is 6.99. The number of fused-ring (bicyclic) bond motifs is 1. The third-order valence-corrected chi connectivity index (χ3v) is 3.69. The standard InChI is InChI=1S/C11H13ClN4O4/c1-4-6(17)7(18)8(19)11(20-4)16-3-15-5-9(12)13-2-14-10(5)16/h2-4,6-8,11,17-19H,1H3. The topological polar surface area (TPSA) is 114 Å². The van der Waals surface area contributed by atoms with Crippen LogP contribution in [0.2, 0.25) is 5.15 Å². The minimum absolute atomic E-state index is 0.188.